The molecule has 2 aromatic carbocycles. The number of aliphatic imine (C=N–C) groups is 1. The van der Waals surface area contributed by atoms with Gasteiger partial charge in [-0.2, -0.15) is 0 Å². The molecule has 0 radical (unpaired) electrons. The van der Waals surface area contributed by atoms with Crippen molar-refractivity contribution in [3.63, 3.8) is 0 Å². The second-order valence-corrected chi connectivity index (χ2v) is 13.3. The summed E-state index contributed by atoms with van der Waals surface area (Å²) in [5, 5.41) is 19.3. The minimum absolute atomic E-state index is 0.00499. The number of alkyl carbamates (subject to hydrolysis) is 1. The predicted octanol–water partition coefficient (Wildman–Crippen LogP) is 1.61. The van der Waals surface area contributed by atoms with Gasteiger partial charge in [0.15, 0.2) is 0 Å². The third kappa shape index (κ3) is 9.53. The van der Waals surface area contributed by atoms with E-state index in [1.165, 1.54) is 13.8 Å². The smallest absolute Gasteiger partial charge is 0.407 e. The number of imide groups is 1. The van der Waals surface area contributed by atoms with E-state index < -0.39 is 84.6 Å². The molecule has 5 N–H and O–H groups in total. The molecule has 0 aromatic heterocycles. The Morgan fingerprint density at radius 1 is 0.907 bits per heavy atom. The molecule has 5 rings (SSSR count). The first-order valence-electron chi connectivity index (χ1n) is 17.3. The molecule has 2 aliphatic heterocycles. The molecular formula is C37H40N6O11. The minimum atomic E-state index is -1.72. The number of aliphatic carboxylic acids is 1. The molecule has 17 nitrogen and oxygen atoms in total. The number of hydrogen-bond acceptors (Lipinski definition) is 11. The number of rotatable bonds is 16. The van der Waals surface area contributed by atoms with Crippen LogP contribution in [0.2, 0.25) is 0 Å². The van der Waals surface area contributed by atoms with Gasteiger partial charge in [-0.05, 0) is 42.5 Å². The second-order valence-electron chi connectivity index (χ2n) is 13.3. The maximum Gasteiger partial charge on any atom is 0.407 e. The molecule has 2 heterocycles. The summed E-state index contributed by atoms with van der Waals surface area (Å²) in [6.07, 6.45) is 1.85. The third-order valence-electron chi connectivity index (χ3n) is 8.96. The van der Waals surface area contributed by atoms with Crippen molar-refractivity contribution in [1.29, 1.82) is 0 Å². The minimum Gasteiger partial charge on any atom is -0.481 e. The van der Waals surface area contributed by atoms with Crippen LogP contribution in [0.5, 0.6) is 0 Å². The quantitative estimate of drug-likeness (QED) is 0.155. The van der Waals surface area contributed by atoms with E-state index in [1.54, 1.807) is 12.3 Å². The van der Waals surface area contributed by atoms with Crippen LogP contribution in [0.15, 0.2) is 65.3 Å². The van der Waals surface area contributed by atoms with Crippen molar-refractivity contribution in [2.24, 2.45) is 4.99 Å². The largest absolute Gasteiger partial charge is 0.481 e. The SMILES string of the molecule is CC(C)(NC(=O)[C@H](CC1=CCC=N1)NC(=O)OCC1c2ccccc2-c2ccccc21)C(=O)N[C@@H](CCC(=O)O)C(=O)NCC(=O)ON1C(=O)CCC1=O. The van der Waals surface area contributed by atoms with Gasteiger partial charge >= 0.3 is 18.0 Å². The number of nitrogens with one attached hydrogen (secondary N) is 4. The Balaban J connectivity index is 1.20. The number of fused-ring (bicyclic) bond motifs is 3. The van der Waals surface area contributed by atoms with Crippen molar-refractivity contribution in [2.75, 3.05) is 13.2 Å². The molecule has 1 aliphatic carbocycles. The topological polar surface area (TPSA) is 239 Å². The van der Waals surface area contributed by atoms with Crippen LogP contribution >= 0.6 is 0 Å². The number of hydrogen-bond donors (Lipinski definition) is 5. The highest BCUT2D eigenvalue weighted by Gasteiger charge is 2.37. The van der Waals surface area contributed by atoms with Crippen LogP contribution in [0.25, 0.3) is 11.1 Å². The number of ether oxygens (including phenoxy) is 1. The molecule has 0 spiro atoms. The van der Waals surface area contributed by atoms with E-state index in [4.69, 9.17) is 9.57 Å². The van der Waals surface area contributed by atoms with Gasteiger partial charge in [0.25, 0.3) is 11.8 Å². The van der Waals surface area contributed by atoms with E-state index in [9.17, 15) is 43.5 Å². The summed E-state index contributed by atoms with van der Waals surface area (Å²) < 4.78 is 5.65. The Morgan fingerprint density at radius 3 is 2.13 bits per heavy atom. The summed E-state index contributed by atoms with van der Waals surface area (Å²) in [6.45, 7) is 1.86. The lowest BCUT2D eigenvalue weighted by molar-refractivity contribution is -0.196. The van der Waals surface area contributed by atoms with Gasteiger partial charge in [0, 0.05) is 49.9 Å². The average molecular weight is 745 g/mol. The normalized spacial score (nSPS) is 15.7. The molecular weight excluding hydrogens is 704 g/mol. The molecule has 3 aliphatic rings. The van der Waals surface area contributed by atoms with Crippen molar-refractivity contribution in [3.05, 3.63) is 71.4 Å². The number of nitrogens with zero attached hydrogens (tertiary/aromatic N) is 2. The first kappa shape index (κ1) is 38.8. The van der Waals surface area contributed by atoms with E-state index in [0.717, 1.165) is 22.3 Å². The van der Waals surface area contributed by atoms with Crippen molar-refractivity contribution in [2.45, 2.75) is 75.9 Å². The maximum atomic E-state index is 13.7. The molecule has 0 unspecified atom stereocenters. The van der Waals surface area contributed by atoms with Crippen LogP contribution in [0.4, 0.5) is 4.79 Å². The molecule has 284 valence electrons. The Kier molecular flexibility index (Phi) is 12.2. The highest BCUT2D eigenvalue weighted by atomic mass is 16.7. The van der Waals surface area contributed by atoms with Gasteiger partial charge in [0.2, 0.25) is 17.7 Å². The van der Waals surface area contributed by atoms with Gasteiger partial charge < -0.3 is 35.9 Å². The highest BCUT2D eigenvalue weighted by Crippen LogP contribution is 2.44. The number of amides is 6. The van der Waals surface area contributed by atoms with Crippen LogP contribution in [-0.2, 0) is 43.1 Å². The molecule has 54 heavy (non-hydrogen) atoms. The van der Waals surface area contributed by atoms with Crippen molar-refractivity contribution < 1.29 is 53.0 Å². The zero-order valence-corrected chi connectivity index (χ0v) is 29.6. The number of allylic oxidation sites excluding steroid dienone is 1. The lowest BCUT2D eigenvalue weighted by Crippen LogP contribution is -2.61. The molecule has 0 saturated carbocycles. The number of carboxylic acids is 1. The summed E-state index contributed by atoms with van der Waals surface area (Å²) in [5.74, 6) is -6.73. The fraction of sp³-hybridized carbons (Fsp3) is 0.378. The number of benzene rings is 2. The number of carbonyl (C=O) groups excluding carboxylic acids is 7. The van der Waals surface area contributed by atoms with Crippen LogP contribution in [0, 0.1) is 0 Å². The maximum absolute atomic E-state index is 13.7. The van der Waals surface area contributed by atoms with E-state index in [-0.39, 0.29) is 31.8 Å². The standard InChI is InChI=1S/C37H40N6O11/c1-37(2,35(51)40-27(13-16-31(46)47)33(49)39-19-32(48)54-43-29(44)14-15-30(43)45)42-34(50)28(18-21-8-7-17-38-21)41-36(52)53-20-26-24-11-5-3-9-22(24)23-10-4-6-12-25(23)26/h3-6,8-12,17,26-28H,7,13-16,18-20H2,1-2H3,(H,39,49)(H,40,51)(H,41,52)(H,42,50)(H,46,47)/t27-,28-/m0/s1. The summed E-state index contributed by atoms with van der Waals surface area (Å²) >= 11 is 0. The van der Waals surface area contributed by atoms with E-state index in [1.807, 2.05) is 48.5 Å². The fourth-order valence-electron chi connectivity index (χ4n) is 6.15. The molecule has 1 saturated heterocycles. The van der Waals surface area contributed by atoms with Gasteiger partial charge in [0.05, 0.1) is 0 Å². The fourth-order valence-corrected chi connectivity index (χ4v) is 6.15. The number of carbonyl (C=O) groups is 8. The lowest BCUT2D eigenvalue weighted by atomic mass is 9.98. The van der Waals surface area contributed by atoms with Crippen LogP contribution in [-0.4, -0.2) is 94.7 Å². The first-order chi connectivity index (χ1) is 25.7. The lowest BCUT2D eigenvalue weighted by Gasteiger charge is -2.30. The monoisotopic (exact) mass is 744 g/mol. The number of carboxylic acid groups (broad SMARTS) is 1. The summed E-state index contributed by atoms with van der Waals surface area (Å²) in [7, 11) is 0. The van der Waals surface area contributed by atoms with Gasteiger partial charge in [-0.25, -0.2) is 9.59 Å². The summed E-state index contributed by atoms with van der Waals surface area (Å²) in [5.41, 5.74) is 2.91. The molecule has 1 fully saturated rings. The molecule has 2 aromatic rings. The van der Waals surface area contributed by atoms with Gasteiger partial charge in [0.1, 0.15) is 30.8 Å². The Labute approximate surface area is 309 Å². The van der Waals surface area contributed by atoms with Crippen molar-refractivity contribution >= 4 is 53.8 Å². The average Bonchev–Trinajstić information content (AvgIpc) is 3.85. The summed E-state index contributed by atoms with van der Waals surface area (Å²) in [6, 6.07) is 12.9. The molecule has 17 heteroatoms. The van der Waals surface area contributed by atoms with E-state index >= 15 is 0 Å². The highest BCUT2D eigenvalue weighted by molar-refractivity contribution is 6.02. The van der Waals surface area contributed by atoms with Crippen molar-refractivity contribution in [1.82, 2.24) is 26.3 Å². The van der Waals surface area contributed by atoms with Crippen LogP contribution in [0.1, 0.15) is 69.4 Å². The van der Waals surface area contributed by atoms with Gasteiger partial charge in [-0.3, -0.25) is 33.8 Å². The Hall–Kier alpha value is -6.39. The molecule has 2 atom stereocenters. The van der Waals surface area contributed by atoms with Crippen molar-refractivity contribution in [3.8, 4) is 11.1 Å². The molecule has 6 amide bonds. The Morgan fingerprint density at radius 2 is 1.54 bits per heavy atom. The number of hydroxylamine groups is 2. The third-order valence-corrected chi connectivity index (χ3v) is 8.96. The molecule has 0 bridgehead atoms. The second kappa shape index (κ2) is 17.0. The predicted molar refractivity (Wildman–Crippen MR) is 189 cm³/mol. The zero-order valence-electron chi connectivity index (χ0n) is 29.6. The Bertz CT molecular complexity index is 1860. The van der Waals surface area contributed by atoms with E-state index in [2.05, 4.69) is 26.3 Å². The first-order valence-corrected chi connectivity index (χ1v) is 17.3. The van der Waals surface area contributed by atoms with Gasteiger partial charge in [-0.15, -0.1) is 5.06 Å². The van der Waals surface area contributed by atoms with Crippen LogP contribution < -0.4 is 21.3 Å². The summed E-state index contributed by atoms with van der Waals surface area (Å²) in [4.78, 5) is 109. The van der Waals surface area contributed by atoms with Crippen LogP contribution in [0.3, 0.4) is 0 Å². The zero-order chi connectivity index (χ0) is 39.0. The van der Waals surface area contributed by atoms with Gasteiger partial charge in [-0.1, -0.05) is 54.6 Å². The van der Waals surface area contributed by atoms with E-state index in [0.29, 0.717) is 17.2 Å².